The van der Waals surface area contributed by atoms with E-state index in [-0.39, 0.29) is 17.6 Å². The molecule has 2 aliphatic heterocycles. The number of halogens is 1. The molecule has 1 aliphatic carbocycles. The average molecular weight is 387 g/mol. The maximum atomic E-state index is 13.4. The van der Waals surface area contributed by atoms with E-state index in [0.29, 0.717) is 43.3 Å². The van der Waals surface area contributed by atoms with Crippen molar-refractivity contribution in [2.75, 3.05) is 26.3 Å². The third-order valence-electron chi connectivity index (χ3n) is 5.49. The number of nitrogens with zero attached hydrogens (tertiary/aromatic N) is 1. The van der Waals surface area contributed by atoms with Gasteiger partial charge in [0.1, 0.15) is 0 Å². The van der Waals surface area contributed by atoms with Crippen molar-refractivity contribution in [1.82, 2.24) is 10.2 Å². The normalized spacial score (nSPS) is 23.3. The molecule has 3 aliphatic rings. The summed E-state index contributed by atoms with van der Waals surface area (Å²) in [6.07, 6.45) is 2.19. The Bertz CT molecular complexity index is 853. The number of carbonyl (C=O) groups excluding carboxylic acids is 2. The summed E-state index contributed by atoms with van der Waals surface area (Å²) in [6.45, 7) is 4.14. The van der Waals surface area contributed by atoms with Gasteiger partial charge in [0.25, 0.3) is 5.91 Å². The van der Waals surface area contributed by atoms with Crippen LogP contribution in [0.25, 0.3) is 0 Å². The van der Waals surface area contributed by atoms with Crippen molar-refractivity contribution < 1.29 is 14.3 Å². The lowest BCUT2D eigenvalue weighted by atomic mass is 9.75. The second-order valence-corrected chi connectivity index (χ2v) is 7.66. The predicted molar refractivity (Wildman–Crippen MR) is 103 cm³/mol. The number of allylic oxidation sites excluding steroid dienone is 3. The predicted octanol–water partition coefficient (Wildman–Crippen LogP) is 3.17. The van der Waals surface area contributed by atoms with Crippen LogP contribution < -0.4 is 5.32 Å². The first-order valence-electron chi connectivity index (χ1n) is 9.43. The Balaban J connectivity index is 1.82. The van der Waals surface area contributed by atoms with Crippen LogP contribution in [-0.4, -0.2) is 42.9 Å². The van der Waals surface area contributed by atoms with Gasteiger partial charge in [-0.25, -0.2) is 0 Å². The van der Waals surface area contributed by atoms with E-state index in [1.54, 1.807) is 0 Å². The minimum atomic E-state index is -0.372. The Hall–Kier alpha value is -2.11. The quantitative estimate of drug-likeness (QED) is 0.848. The van der Waals surface area contributed by atoms with Gasteiger partial charge in [-0.05, 0) is 37.5 Å². The molecule has 0 saturated carbocycles. The molecule has 1 saturated heterocycles. The van der Waals surface area contributed by atoms with E-state index in [2.05, 4.69) is 5.32 Å². The van der Waals surface area contributed by atoms with Gasteiger partial charge in [0.2, 0.25) is 0 Å². The number of amides is 1. The molecule has 1 atom stereocenters. The molecule has 2 heterocycles. The van der Waals surface area contributed by atoms with Gasteiger partial charge in [0.05, 0.1) is 13.2 Å². The number of carbonyl (C=O) groups is 2. The van der Waals surface area contributed by atoms with Crippen LogP contribution in [-0.2, 0) is 14.3 Å². The van der Waals surface area contributed by atoms with Gasteiger partial charge >= 0.3 is 0 Å². The molecular formula is C21H23ClN2O3. The second kappa shape index (κ2) is 7.49. The Morgan fingerprint density at radius 2 is 2.04 bits per heavy atom. The molecule has 142 valence electrons. The average Bonchev–Trinajstić information content (AvgIpc) is 2.67. The molecule has 0 radical (unpaired) electrons. The molecule has 1 aromatic carbocycles. The summed E-state index contributed by atoms with van der Waals surface area (Å²) < 4.78 is 5.39. The lowest BCUT2D eigenvalue weighted by Crippen LogP contribution is -2.44. The summed E-state index contributed by atoms with van der Waals surface area (Å²) in [4.78, 5) is 28.1. The van der Waals surface area contributed by atoms with Crippen LogP contribution in [0.3, 0.4) is 0 Å². The summed E-state index contributed by atoms with van der Waals surface area (Å²) in [5.74, 6) is -0.283. The van der Waals surface area contributed by atoms with Crippen LogP contribution in [0.1, 0.15) is 37.7 Å². The number of morpholine rings is 1. The molecule has 0 spiro atoms. The molecule has 4 rings (SSSR count). The third kappa shape index (κ3) is 3.42. The topological polar surface area (TPSA) is 58.6 Å². The zero-order valence-electron chi connectivity index (χ0n) is 15.4. The highest BCUT2D eigenvalue weighted by atomic mass is 35.5. The molecule has 1 N–H and O–H groups in total. The van der Waals surface area contributed by atoms with E-state index < -0.39 is 0 Å². The summed E-state index contributed by atoms with van der Waals surface area (Å²) in [6, 6.07) is 7.50. The number of nitrogens with one attached hydrogen (secondary N) is 1. The monoisotopic (exact) mass is 386 g/mol. The molecule has 1 aromatic rings. The van der Waals surface area contributed by atoms with Crippen molar-refractivity contribution in [3.05, 3.63) is 57.4 Å². The van der Waals surface area contributed by atoms with Crippen molar-refractivity contribution in [3.8, 4) is 0 Å². The molecule has 0 bridgehead atoms. The fourth-order valence-corrected chi connectivity index (χ4v) is 4.42. The number of ketones is 1. The van der Waals surface area contributed by atoms with Gasteiger partial charge in [-0.15, -0.1) is 0 Å². The van der Waals surface area contributed by atoms with E-state index in [0.717, 1.165) is 35.4 Å². The molecule has 1 fully saturated rings. The van der Waals surface area contributed by atoms with Crippen LogP contribution in [0.2, 0.25) is 5.02 Å². The third-order valence-corrected chi connectivity index (χ3v) is 5.72. The molecular weight excluding hydrogens is 364 g/mol. The Labute approximate surface area is 164 Å². The van der Waals surface area contributed by atoms with E-state index >= 15 is 0 Å². The van der Waals surface area contributed by atoms with Crippen molar-refractivity contribution in [1.29, 1.82) is 0 Å². The van der Waals surface area contributed by atoms with Crippen LogP contribution in [0.15, 0.2) is 46.8 Å². The zero-order valence-corrected chi connectivity index (χ0v) is 16.1. The van der Waals surface area contributed by atoms with E-state index in [4.69, 9.17) is 16.3 Å². The highest BCUT2D eigenvalue weighted by molar-refractivity contribution is 6.30. The van der Waals surface area contributed by atoms with Crippen molar-refractivity contribution in [2.45, 2.75) is 32.1 Å². The number of Topliss-reactive ketones (excluding diaryl/α,β-unsaturated/α-hetero) is 1. The molecule has 0 aromatic heterocycles. The van der Waals surface area contributed by atoms with Gasteiger partial charge < -0.3 is 15.0 Å². The standard InChI is InChI=1S/C21H23ClN2O3/c1-13-18(21(26)24-8-10-27-11-9-24)19(14-4-2-5-15(22)12-14)20-16(23-13)6-3-7-17(20)25/h2,4-5,12,19,23H,3,6-11H2,1H3. The van der Waals surface area contributed by atoms with Crippen LogP contribution in [0.5, 0.6) is 0 Å². The lowest BCUT2D eigenvalue weighted by molar-refractivity contribution is -0.131. The number of benzene rings is 1. The summed E-state index contributed by atoms with van der Waals surface area (Å²) in [5, 5.41) is 3.96. The number of hydrogen-bond donors (Lipinski definition) is 1. The molecule has 6 heteroatoms. The zero-order chi connectivity index (χ0) is 19.0. The maximum absolute atomic E-state index is 13.4. The van der Waals surface area contributed by atoms with Crippen molar-refractivity contribution in [3.63, 3.8) is 0 Å². The van der Waals surface area contributed by atoms with Gasteiger partial charge in [0.15, 0.2) is 5.78 Å². The highest BCUT2D eigenvalue weighted by Crippen LogP contribution is 2.43. The SMILES string of the molecule is CC1=C(C(=O)N2CCOCC2)C(c2cccc(Cl)c2)C2=C(CCCC2=O)N1. The Morgan fingerprint density at radius 3 is 2.78 bits per heavy atom. The Morgan fingerprint density at radius 1 is 1.26 bits per heavy atom. The first kappa shape index (κ1) is 18.3. The number of ether oxygens (including phenoxy) is 1. The van der Waals surface area contributed by atoms with Gasteiger partial charge in [-0.1, -0.05) is 23.7 Å². The largest absolute Gasteiger partial charge is 0.378 e. The second-order valence-electron chi connectivity index (χ2n) is 7.23. The first-order chi connectivity index (χ1) is 13.1. The summed E-state index contributed by atoms with van der Waals surface area (Å²) >= 11 is 6.24. The molecule has 5 nitrogen and oxygen atoms in total. The maximum Gasteiger partial charge on any atom is 0.252 e. The van der Waals surface area contributed by atoms with Crippen LogP contribution >= 0.6 is 11.6 Å². The summed E-state index contributed by atoms with van der Waals surface area (Å²) in [7, 11) is 0. The molecule has 27 heavy (non-hydrogen) atoms. The fourth-order valence-electron chi connectivity index (χ4n) is 4.22. The molecule has 1 amide bonds. The minimum Gasteiger partial charge on any atom is -0.378 e. The lowest BCUT2D eigenvalue weighted by Gasteiger charge is -2.37. The van der Waals surface area contributed by atoms with E-state index in [1.807, 2.05) is 36.1 Å². The first-order valence-corrected chi connectivity index (χ1v) is 9.80. The highest BCUT2D eigenvalue weighted by Gasteiger charge is 2.39. The smallest absolute Gasteiger partial charge is 0.252 e. The van der Waals surface area contributed by atoms with Gasteiger partial charge in [0, 0.05) is 53.0 Å². The van der Waals surface area contributed by atoms with Gasteiger partial charge in [-0.3, -0.25) is 9.59 Å². The van der Waals surface area contributed by atoms with E-state index in [9.17, 15) is 9.59 Å². The van der Waals surface area contributed by atoms with Crippen LogP contribution in [0.4, 0.5) is 0 Å². The molecule has 1 unspecified atom stereocenters. The fraction of sp³-hybridized carbons (Fsp3) is 0.429. The Kier molecular flexibility index (Phi) is 5.06. The number of hydrogen-bond acceptors (Lipinski definition) is 4. The summed E-state index contributed by atoms with van der Waals surface area (Å²) in [5.41, 5.74) is 4.04. The van der Waals surface area contributed by atoms with Crippen LogP contribution in [0, 0.1) is 0 Å². The van der Waals surface area contributed by atoms with Crippen molar-refractivity contribution in [2.24, 2.45) is 0 Å². The van der Waals surface area contributed by atoms with Crippen molar-refractivity contribution >= 4 is 23.3 Å². The van der Waals surface area contributed by atoms with E-state index in [1.165, 1.54) is 0 Å². The minimum absolute atomic E-state index is 0.0294. The number of rotatable bonds is 2. The number of dihydropyridines is 1. The van der Waals surface area contributed by atoms with Gasteiger partial charge in [-0.2, -0.15) is 0 Å².